The van der Waals surface area contributed by atoms with Crippen molar-refractivity contribution < 1.29 is 39.8 Å². The molecule has 0 atom stereocenters. The number of rotatable bonds is 1. The van der Waals surface area contributed by atoms with E-state index in [9.17, 15) is 4.79 Å². The van der Waals surface area contributed by atoms with Crippen molar-refractivity contribution in [2.45, 2.75) is 0 Å². The van der Waals surface area contributed by atoms with Crippen molar-refractivity contribution in [1.29, 1.82) is 0 Å². The summed E-state index contributed by atoms with van der Waals surface area (Å²) < 4.78 is 4.14. The fraction of sp³-hybridized carbons (Fsp3) is 0.250. The molecule has 9 heteroatoms. The Morgan fingerprint density at radius 2 is 1.69 bits per heavy atom. The maximum absolute atomic E-state index is 9.84. The molecule has 0 rings (SSSR count). The Kier molecular flexibility index (Phi) is 101. The molecule has 0 heterocycles. The topological polar surface area (TPSA) is 26.3 Å². The van der Waals surface area contributed by atoms with Gasteiger partial charge in [0, 0.05) is 27.8 Å². The average Bonchev–Trinajstić information content (AvgIpc) is 1.88. The molecule has 68 valence electrons. The van der Waals surface area contributed by atoms with E-state index in [1.165, 1.54) is 7.11 Å². The molecule has 0 spiro atoms. The van der Waals surface area contributed by atoms with E-state index in [0.29, 0.717) is 0 Å². The van der Waals surface area contributed by atoms with Crippen LogP contribution in [0.2, 0.25) is 0 Å². The Morgan fingerprint density at radius 3 is 1.69 bits per heavy atom. The van der Waals surface area contributed by atoms with Gasteiger partial charge in [-0.05, 0) is 0 Å². The van der Waals surface area contributed by atoms with E-state index in [4.69, 9.17) is 0 Å². The van der Waals surface area contributed by atoms with Crippen LogP contribution in [0.15, 0.2) is 12.7 Å². The summed E-state index contributed by atoms with van der Waals surface area (Å²) in [5.74, 6) is -0.394. The molecule has 0 amide bonds. The first-order valence-electron chi connectivity index (χ1n) is 1.89. The van der Waals surface area contributed by atoms with E-state index in [0.717, 1.165) is 6.08 Å². The molecule has 0 aliphatic heterocycles. The van der Waals surface area contributed by atoms with Crippen LogP contribution >= 0.6 is 35.5 Å². The maximum atomic E-state index is 9.84. The molecule has 0 N–H and O–H groups in total. The molecular weight excluding hydrogens is 709 g/mol. The van der Waals surface area contributed by atoms with Gasteiger partial charge in [0.25, 0.3) is 0 Å². The third-order valence-corrected chi connectivity index (χ3v) is 0.368. The third-order valence-electron chi connectivity index (χ3n) is 0.368. The molecule has 0 aliphatic carbocycles. The van der Waals surface area contributed by atoms with Crippen LogP contribution in [-0.2, 0) is 31.2 Å². The second-order valence-electron chi connectivity index (χ2n) is 0.799. The van der Waals surface area contributed by atoms with E-state index in [-0.39, 0.29) is 159 Å². The van der Waals surface area contributed by atoms with E-state index >= 15 is 0 Å². The molecule has 0 bridgehead atoms. The first kappa shape index (κ1) is 36.5. The molecule has 0 aromatic heterocycles. The van der Waals surface area contributed by atoms with Gasteiger partial charge in [0.1, 0.15) is 0 Å². The number of carbonyl (C=O) groups excluding carboxylic acids is 1. The van der Waals surface area contributed by atoms with Gasteiger partial charge in [-0.3, -0.25) is 0 Å². The van der Waals surface area contributed by atoms with Gasteiger partial charge in [-0.1, -0.05) is 6.58 Å². The minimum absolute atomic E-state index is 0. The molecule has 0 saturated carbocycles. The maximum Gasteiger partial charge on any atom is 0 e. The van der Waals surface area contributed by atoms with Crippen LogP contribution < -0.4 is 0 Å². The first-order valence-corrected chi connectivity index (χ1v) is 23.8. The number of methoxy groups -OCH3 is 1. The second-order valence-corrected chi connectivity index (χ2v) is 28.9. The van der Waals surface area contributed by atoms with Crippen LogP contribution in [0.1, 0.15) is 8.56 Å². The Bertz CT molecular complexity index is 119. The molecule has 0 aromatic carbocycles. The van der Waals surface area contributed by atoms with Gasteiger partial charge in [0.05, 0.1) is 7.11 Å². The quantitative estimate of drug-likeness (QED) is 0.177. The summed E-state index contributed by atoms with van der Waals surface area (Å²) >= 11 is 4.96. The molecule has 2 nitrogen and oxygen atoms in total. The minimum atomic E-state index is -0.394. The van der Waals surface area contributed by atoms with Crippen molar-refractivity contribution in [2.24, 2.45) is 0 Å². The van der Waals surface area contributed by atoms with Gasteiger partial charge in [0.2, 0.25) is 0 Å². The molecule has 0 aliphatic rings. The molecule has 0 fully saturated rings. The van der Waals surface area contributed by atoms with Crippen molar-refractivity contribution >= 4 is 170 Å². The summed E-state index contributed by atoms with van der Waals surface area (Å²) in [6.07, 6.45) is 1.11. The fourth-order valence-electron chi connectivity index (χ4n) is 0.0833. The molecule has 0 unspecified atom stereocenters. The van der Waals surface area contributed by atoms with Gasteiger partial charge in [-0.2, -0.15) is 0 Å². The van der Waals surface area contributed by atoms with Gasteiger partial charge in [-0.25, -0.2) is 4.79 Å². The number of hydrogen-bond donors (Lipinski definition) is 0. The fourth-order valence-corrected chi connectivity index (χ4v) is 0.0833. The van der Waals surface area contributed by atoms with E-state index < -0.39 is 5.97 Å². The minimum Gasteiger partial charge on any atom is 0 e. The predicted molar refractivity (Wildman–Crippen MR) is 79.9 cm³/mol. The summed E-state index contributed by atoms with van der Waals surface area (Å²) in [4.78, 5) is 9.84. The van der Waals surface area contributed by atoms with Gasteiger partial charge in [-0.15, -0.1) is 0 Å². The van der Waals surface area contributed by atoms with Crippen LogP contribution in [0.5, 0.6) is 0 Å². The van der Waals surface area contributed by atoms with E-state index in [2.05, 4.69) is 46.8 Å². The van der Waals surface area contributed by atoms with Crippen LogP contribution in [0.4, 0.5) is 0 Å². The number of esters is 1. The standard InChI is InChI=1S/C4H6O2.3Ca.2HI.Pb.Ti.6H/c1-3-4(5)6-2;;;;;;;;;;;;;/h3H,1H2,2H3;;;;2*1H;;;;;;;;/q;3*+2;;;+2;;6*-1/p-2. The summed E-state index contributed by atoms with van der Waals surface area (Å²) in [6, 6.07) is 0. The molecule has 2 radical (unpaired) electrons. The van der Waals surface area contributed by atoms with Crippen LogP contribution in [0.25, 0.3) is 0 Å². The van der Waals surface area contributed by atoms with Crippen LogP contribution in [0, 0.1) is 0 Å². The third kappa shape index (κ3) is 46.0. The van der Waals surface area contributed by atoms with Gasteiger partial charge < -0.3 is 13.3 Å². The summed E-state index contributed by atoms with van der Waals surface area (Å²) in [5, 5.41) is 0. The van der Waals surface area contributed by atoms with Crippen molar-refractivity contribution in [2.75, 3.05) is 7.11 Å². The monoisotopic (exact) mass is 722 g/mol. The zero-order chi connectivity index (χ0) is 7.70. The van der Waals surface area contributed by atoms with Crippen LogP contribution in [0.3, 0.4) is 0 Å². The average molecular weight is 721 g/mol. The Labute approximate surface area is 223 Å². The summed E-state index contributed by atoms with van der Waals surface area (Å²) in [6.45, 7) is 3.16. The molecule has 0 saturated heterocycles. The van der Waals surface area contributed by atoms with Crippen molar-refractivity contribution in [3.8, 4) is 0 Å². The van der Waals surface area contributed by atoms with E-state index in [1.54, 1.807) is 0 Å². The Hall–Kier alpha value is 6.09. The normalized spacial score (nSPS) is 4.54. The molecular formula is C4H12Ca3I2O2PbTi. The largest absolute Gasteiger partial charge is 0 e. The number of hydrogen-bond acceptors (Lipinski definition) is 2. The number of ether oxygens (including phenoxy) is 1. The SMILES string of the molecule is C=CC(=O)OC.[Ca+2].[Ca+2].[Ca+2].[H-].[H-].[H-].[H-].[H-].[H-].[I][Pb][I].[Ti]. The van der Waals surface area contributed by atoms with Crippen molar-refractivity contribution in [1.82, 2.24) is 0 Å². The Balaban J connectivity index is -0.00000000357. The van der Waals surface area contributed by atoms with Crippen LogP contribution in [-0.4, -0.2) is 142 Å². The zero-order valence-electron chi connectivity index (χ0n) is 13.5. The summed E-state index contributed by atoms with van der Waals surface area (Å²) in [7, 11) is 1.31. The first-order chi connectivity index (χ1) is 4.22. The zero-order valence-corrected chi connectivity index (χ0v) is 23.9. The molecule has 0 aromatic rings. The van der Waals surface area contributed by atoms with Gasteiger partial charge >= 0.3 is 170 Å². The van der Waals surface area contributed by atoms with Crippen molar-refractivity contribution in [3.05, 3.63) is 12.7 Å². The Morgan fingerprint density at radius 1 is 1.46 bits per heavy atom. The van der Waals surface area contributed by atoms with E-state index in [1.807, 2.05) is 0 Å². The predicted octanol–water partition coefficient (Wildman–Crippen LogP) is 1.27. The smallest absolute Gasteiger partial charge is 0 e. The van der Waals surface area contributed by atoms with Gasteiger partial charge in [0.15, 0.2) is 0 Å². The second kappa shape index (κ2) is 36.1. The number of halogens is 2. The molecule has 13 heavy (non-hydrogen) atoms. The number of carbonyl (C=O) groups is 1. The summed E-state index contributed by atoms with van der Waals surface area (Å²) in [5.41, 5.74) is 0. The van der Waals surface area contributed by atoms with Crippen molar-refractivity contribution in [3.63, 3.8) is 0 Å².